The molecule has 4 nitrogen and oxygen atoms in total. The van der Waals surface area contributed by atoms with Gasteiger partial charge in [0.1, 0.15) is 0 Å². The van der Waals surface area contributed by atoms with Gasteiger partial charge in [-0.1, -0.05) is 0 Å². The van der Waals surface area contributed by atoms with Crippen LogP contribution in [0.3, 0.4) is 0 Å². The quantitative estimate of drug-likeness (QED) is 0.815. The van der Waals surface area contributed by atoms with Crippen molar-refractivity contribution in [1.29, 1.82) is 0 Å². The second-order valence-electron chi connectivity index (χ2n) is 7.06. The molecule has 19 heavy (non-hydrogen) atoms. The Labute approximate surface area is 118 Å². The van der Waals surface area contributed by atoms with E-state index < -0.39 is 0 Å². The largest absolute Gasteiger partial charge is 0.350 e. The van der Waals surface area contributed by atoms with E-state index in [1.54, 1.807) is 0 Å². The Balaban J connectivity index is 2.39. The van der Waals surface area contributed by atoms with Gasteiger partial charge in [-0.15, -0.1) is 0 Å². The summed E-state index contributed by atoms with van der Waals surface area (Å²) in [6.45, 7) is 12.5. The average molecular weight is 269 g/mol. The van der Waals surface area contributed by atoms with E-state index in [1.807, 2.05) is 27.7 Å². The number of hydrogen-bond acceptors (Lipinski definition) is 3. The molecule has 112 valence electrons. The Morgan fingerprint density at radius 3 is 2.21 bits per heavy atom. The van der Waals surface area contributed by atoms with Gasteiger partial charge in [-0.25, -0.2) is 0 Å². The Morgan fingerprint density at radius 2 is 1.74 bits per heavy atom. The zero-order valence-corrected chi connectivity index (χ0v) is 13.4. The standard InChI is InChI=1S/C15H31N3O/c1-11(13-7-9-18(6)10-8-13)16-12(2)14(19)17-15(3,4)5/h11-13,16H,7-10H2,1-6H3,(H,17,19). The summed E-state index contributed by atoms with van der Waals surface area (Å²) in [5.74, 6) is 0.772. The minimum absolute atomic E-state index is 0.0901. The summed E-state index contributed by atoms with van der Waals surface area (Å²) in [6.07, 6.45) is 2.44. The van der Waals surface area contributed by atoms with Crippen LogP contribution >= 0.6 is 0 Å². The van der Waals surface area contributed by atoms with Crippen LogP contribution in [0.1, 0.15) is 47.5 Å². The summed E-state index contributed by atoms with van der Waals surface area (Å²) in [4.78, 5) is 14.4. The molecule has 1 saturated heterocycles. The van der Waals surface area contributed by atoms with E-state index >= 15 is 0 Å². The van der Waals surface area contributed by atoms with Crippen molar-refractivity contribution in [3.05, 3.63) is 0 Å². The molecule has 2 atom stereocenters. The molecule has 0 aliphatic carbocycles. The topological polar surface area (TPSA) is 44.4 Å². The third kappa shape index (κ3) is 5.91. The second kappa shape index (κ2) is 6.71. The predicted octanol–water partition coefficient (Wildman–Crippen LogP) is 1.61. The molecule has 0 bridgehead atoms. The zero-order valence-electron chi connectivity index (χ0n) is 13.4. The maximum Gasteiger partial charge on any atom is 0.237 e. The van der Waals surface area contributed by atoms with Crippen LogP contribution < -0.4 is 10.6 Å². The highest BCUT2D eigenvalue weighted by atomic mass is 16.2. The molecule has 0 saturated carbocycles. The highest BCUT2D eigenvalue weighted by molar-refractivity contribution is 5.81. The van der Waals surface area contributed by atoms with Gasteiger partial charge in [0.15, 0.2) is 0 Å². The monoisotopic (exact) mass is 269 g/mol. The lowest BCUT2D eigenvalue weighted by molar-refractivity contribution is -0.124. The third-order valence-electron chi connectivity index (χ3n) is 3.87. The minimum Gasteiger partial charge on any atom is -0.350 e. The molecule has 0 aromatic carbocycles. The molecule has 0 spiro atoms. The fourth-order valence-electron chi connectivity index (χ4n) is 2.61. The summed E-state index contributed by atoms with van der Waals surface area (Å²) in [5, 5.41) is 6.48. The summed E-state index contributed by atoms with van der Waals surface area (Å²) >= 11 is 0. The third-order valence-corrected chi connectivity index (χ3v) is 3.87. The Morgan fingerprint density at radius 1 is 1.21 bits per heavy atom. The number of carbonyl (C=O) groups excluding carboxylic acids is 1. The Hall–Kier alpha value is -0.610. The number of piperidine rings is 1. The van der Waals surface area contributed by atoms with Crippen molar-refractivity contribution in [2.75, 3.05) is 20.1 Å². The van der Waals surface area contributed by atoms with Crippen molar-refractivity contribution < 1.29 is 4.79 Å². The number of nitrogens with zero attached hydrogens (tertiary/aromatic N) is 1. The Bertz CT molecular complexity index is 290. The molecule has 1 rings (SSSR count). The Kier molecular flexibility index (Phi) is 5.81. The number of rotatable bonds is 4. The molecule has 4 heteroatoms. The van der Waals surface area contributed by atoms with Gasteiger partial charge in [0.2, 0.25) is 5.91 Å². The van der Waals surface area contributed by atoms with Gasteiger partial charge in [-0.2, -0.15) is 0 Å². The van der Waals surface area contributed by atoms with E-state index in [1.165, 1.54) is 25.9 Å². The molecule has 2 N–H and O–H groups in total. The molecule has 1 fully saturated rings. The molecule has 1 heterocycles. The molecular formula is C15H31N3O. The van der Waals surface area contributed by atoms with E-state index in [-0.39, 0.29) is 17.5 Å². The van der Waals surface area contributed by atoms with Crippen LogP contribution in [0.2, 0.25) is 0 Å². The van der Waals surface area contributed by atoms with E-state index in [0.717, 1.165) is 0 Å². The molecule has 1 amide bonds. The maximum absolute atomic E-state index is 12.0. The van der Waals surface area contributed by atoms with Gasteiger partial charge >= 0.3 is 0 Å². The second-order valence-corrected chi connectivity index (χ2v) is 7.06. The van der Waals surface area contributed by atoms with Crippen molar-refractivity contribution in [1.82, 2.24) is 15.5 Å². The molecule has 1 aliphatic heterocycles. The lowest BCUT2D eigenvalue weighted by atomic mass is 9.90. The van der Waals surface area contributed by atoms with Crippen LogP contribution in [-0.4, -0.2) is 48.6 Å². The number of likely N-dealkylation sites (tertiary alicyclic amines) is 1. The van der Waals surface area contributed by atoms with Crippen molar-refractivity contribution in [3.8, 4) is 0 Å². The van der Waals surface area contributed by atoms with Crippen LogP contribution in [0.25, 0.3) is 0 Å². The van der Waals surface area contributed by atoms with E-state index in [0.29, 0.717) is 12.0 Å². The van der Waals surface area contributed by atoms with Gasteiger partial charge in [-0.05, 0) is 73.5 Å². The fourth-order valence-corrected chi connectivity index (χ4v) is 2.61. The lowest BCUT2D eigenvalue weighted by Crippen LogP contribution is -2.53. The SMILES string of the molecule is CC(NC(C)C1CCN(C)CC1)C(=O)NC(C)(C)C. The zero-order chi connectivity index (χ0) is 14.6. The summed E-state index contributed by atoms with van der Waals surface area (Å²) in [5.41, 5.74) is -0.163. The highest BCUT2D eigenvalue weighted by Crippen LogP contribution is 2.19. The minimum atomic E-state index is -0.163. The fraction of sp³-hybridized carbons (Fsp3) is 0.933. The van der Waals surface area contributed by atoms with Gasteiger partial charge in [0, 0.05) is 11.6 Å². The number of nitrogens with one attached hydrogen (secondary N) is 2. The van der Waals surface area contributed by atoms with Crippen LogP contribution in [-0.2, 0) is 4.79 Å². The first-order valence-corrected chi connectivity index (χ1v) is 7.45. The normalized spacial score (nSPS) is 22.0. The van der Waals surface area contributed by atoms with Crippen LogP contribution in [0.15, 0.2) is 0 Å². The summed E-state index contributed by atoms with van der Waals surface area (Å²) < 4.78 is 0. The maximum atomic E-state index is 12.0. The molecular weight excluding hydrogens is 238 g/mol. The first kappa shape index (κ1) is 16.4. The van der Waals surface area contributed by atoms with Crippen LogP contribution in [0, 0.1) is 5.92 Å². The predicted molar refractivity (Wildman–Crippen MR) is 80.2 cm³/mol. The molecule has 0 aromatic heterocycles. The first-order chi connectivity index (χ1) is 8.69. The molecule has 0 aromatic rings. The average Bonchev–Trinajstić information content (AvgIpc) is 2.27. The number of hydrogen-bond donors (Lipinski definition) is 2. The van der Waals surface area contributed by atoms with Gasteiger partial charge in [0.05, 0.1) is 6.04 Å². The lowest BCUT2D eigenvalue weighted by Gasteiger charge is -2.34. The number of amides is 1. The van der Waals surface area contributed by atoms with E-state index in [2.05, 4.69) is 29.5 Å². The van der Waals surface area contributed by atoms with Crippen molar-refractivity contribution in [2.24, 2.45) is 5.92 Å². The van der Waals surface area contributed by atoms with Gasteiger partial charge in [-0.3, -0.25) is 4.79 Å². The van der Waals surface area contributed by atoms with Crippen molar-refractivity contribution >= 4 is 5.91 Å². The van der Waals surface area contributed by atoms with Crippen molar-refractivity contribution in [3.63, 3.8) is 0 Å². The van der Waals surface area contributed by atoms with E-state index in [9.17, 15) is 4.79 Å². The van der Waals surface area contributed by atoms with Gasteiger partial charge < -0.3 is 15.5 Å². The molecule has 0 radical (unpaired) electrons. The highest BCUT2D eigenvalue weighted by Gasteiger charge is 2.26. The smallest absolute Gasteiger partial charge is 0.237 e. The molecule has 2 unspecified atom stereocenters. The van der Waals surface area contributed by atoms with Crippen molar-refractivity contribution in [2.45, 2.75) is 65.1 Å². The summed E-state index contributed by atoms with van der Waals surface area (Å²) in [7, 11) is 2.17. The first-order valence-electron chi connectivity index (χ1n) is 7.45. The van der Waals surface area contributed by atoms with E-state index in [4.69, 9.17) is 0 Å². The summed E-state index contributed by atoms with van der Waals surface area (Å²) in [6, 6.07) is 0.267. The van der Waals surface area contributed by atoms with Crippen LogP contribution in [0.4, 0.5) is 0 Å². The number of carbonyl (C=O) groups is 1. The van der Waals surface area contributed by atoms with Crippen LogP contribution in [0.5, 0.6) is 0 Å². The molecule has 1 aliphatic rings. The van der Waals surface area contributed by atoms with Gasteiger partial charge in [0.25, 0.3) is 0 Å².